The van der Waals surface area contributed by atoms with E-state index in [0.29, 0.717) is 16.5 Å². The van der Waals surface area contributed by atoms with Gasteiger partial charge < -0.3 is 14.5 Å². The van der Waals surface area contributed by atoms with E-state index in [0.717, 1.165) is 10.8 Å². The summed E-state index contributed by atoms with van der Waals surface area (Å²) in [7, 11) is -4.16. The molecule has 0 aromatic heterocycles. The van der Waals surface area contributed by atoms with Crippen molar-refractivity contribution in [3.63, 3.8) is 0 Å². The van der Waals surface area contributed by atoms with Crippen LogP contribution in [0.4, 0.5) is 0 Å². The van der Waals surface area contributed by atoms with Crippen LogP contribution in [0, 0.1) is 0 Å². The van der Waals surface area contributed by atoms with Crippen LogP contribution in [-0.4, -0.2) is 16.1 Å². The van der Waals surface area contributed by atoms with Crippen molar-refractivity contribution in [3.05, 3.63) is 46.4 Å². The van der Waals surface area contributed by atoms with Crippen LogP contribution in [0.5, 0.6) is 0 Å². The summed E-state index contributed by atoms with van der Waals surface area (Å²) in [6.07, 6.45) is 0.200. The molecule has 2 rings (SSSR count). The number of aliphatic hydroxyl groups is 1. The lowest BCUT2D eigenvalue weighted by molar-refractivity contribution is 0.136. The number of aliphatic hydroxyl groups excluding tert-OH is 1. The molecule has 3 unspecified atom stereocenters. The Bertz CT molecular complexity index is 688. The van der Waals surface area contributed by atoms with Crippen molar-refractivity contribution in [2.45, 2.75) is 32.2 Å². The van der Waals surface area contributed by atoms with E-state index in [1.807, 2.05) is 37.3 Å². The summed E-state index contributed by atoms with van der Waals surface area (Å²) >= 11 is 3.41. The van der Waals surface area contributed by atoms with Gasteiger partial charge in [-0.05, 0) is 40.0 Å². The smallest absolute Gasteiger partial charge is 0.361 e. The summed E-state index contributed by atoms with van der Waals surface area (Å²) in [6.45, 7) is 3.55. The largest absolute Gasteiger partial charge is 0.376 e. The molecule has 0 bridgehead atoms. The van der Waals surface area contributed by atoms with E-state index in [4.69, 9.17) is 4.52 Å². The topological polar surface area (TPSA) is 66.8 Å². The third-order valence-electron chi connectivity index (χ3n) is 3.39. The number of hydrogen-bond acceptors (Lipinski definition) is 3. The number of halogens is 1. The summed E-state index contributed by atoms with van der Waals surface area (Å²) < 4.78 is 18.0. The lowest BCUT2D eigenvalue weighted by Crippen LogP contribution is -2.10. The second-order valence-electron chi connectivity index (χ2n) is 4.95. The van der Waals surface area contributed by atoms with Gasteiger partial charge in [-0.1, -0.05) is 43.3 Å². The summed E-state index contributed by atoms with van der Waals surface area (Å²) in [5, 5.41) is 12.1. The number of rotatable bonds is 5. The second kappa shape index (κ2) is 6.59. The SMILES string of the molecule is CCC(C)OP(=O)(O)C(O)c1ccc2ccccc2c1Br. The molecule has 0 aliphatic carbocycles. The first-order chi connectivity index (χ1) is 9.86. The Kier molecular flexibility index (Phi) is 5.23. The summed E-state index contributed by atoms with van der Waals surface area (Å²) in [6, 6.07) is 11.0. The van der Waals surface area contributed by atoms with E-state index in [2.05, 4.69) is 15.9 Å². The summed E-state index contributed by atoms with van der Waals surface area (Å²) in [4.78, 5) is 10.00. The van der Waals surface area contributed by atoms with Crippen molar-refractivity contribution >= 4 is 34.3 Å². The van der Waals surface area contributed by atoms with Gasteiger partial charge in [0.05, 0.1) is 6.10 Å². The van der Waals surface area contributed by atoms with Crippen molar-refractivity contribution in [1.82, 2.24) is 0 Å². The zero-order valence-corrected chi connectivity index (χ0v) is 14.3. The molecule has 0 amide bonds. The van der Waals surface area contributed by atoms with Gasteiger partial charge in [0.15, 0.2) is 5.85 Å². The molecule has 2 aromatic carbocycles. The van der Waals surface area contributed by atoms with Gasteiger partial charge in [0, 0.05) is 10.0 Å². The third kappa shape index (κ3) is 3.55. The Balaban J connectivity index is 2.41. The van der Waals surface area contributed by atoms with E-state index < -0.39 is 19.5 Å². The van der Waals surface area contributed by atoms with Crippen LogP contribution in [0.3, 0.4) is 0 Å². The molecule has 0 heterocycles. The number of benzene rings is 2. The van der Waals surface area contributed by atoms with Gasteiger partial charge in [0.25, 0.3) is 0 Å². The fourth-order valence-corrected chi connectivity index (χ4v) is 4.25. The maximum absolute atomic E-state index is 12.2. The van der Waals surface area contributed by atoms with E-state index in [-0.39, 0.29) is 0 Å². The van der Waals surface area contributed by atoms with Crippen LogP contribution in [0.25, 0.3) is 10.8 Å². The maximum atomic E-state index is 12.2. The molecule has 3 atom stereocenters. The molecule has 21 heavy (non-hydrogen) atoms. The Morgan fingerprint density at radius 3 is 2.62 bits per heavy atom. The molecule has 0 saturated carbocycles. The molecule has 114 valence electrons. The first kappa shape index (κ1) is 16.7. The first-order valence-corrected chi connectivity index (χ1v) is 9.17. The Morgan fingerprint density at radius 1 is 1.29 bits per heavy atom. The van der Waals surface area contributed by atoms with Gasteiger partial charge in [-0.3, -0.25) is 4.57 Å². The summed E-state index contributed by atoms with van der Waals surface area (Å²) in [5.41, 5.74) is 0.350. The highest BCUT2D eigenvalue weighted by Crippen LogP contribution is 2.57. The minimum atomic E-state index is -4.16. The van der Waals surface area contributed by atoms with Crippen LogP contribution in [-0.2, 0) is 9.09 Å². The highest BCUT2D eigenvalue weighted by Gasteiger charge is 2.35. The maximum Gasteiger partial charge on any atom is 0.361 e. The van der Waals surface area contributed by atoms with Crippen LogP contribution in [0.1, 0.15) is 31.7 Å². The van der Waals surface area contributed by atoms with Crippen molar-refractivity contribution in [2.24, 2.45) is 0 Å². The Morgan fingerprint density at radius 2 is 1.95 bits per heavy atom. The number of hydrogen-bond donors (Lipinski definition) is 2. The van der Waals surface area contributed by atoms with Crippen molar-refractivity contribution in [2.75, 3.05) is 0 Å². The van der Waals surface area contributed by atoms with E-state index in [1.54, 1.807) is 13.0 Å². The molecule has 0 fully saturated rings. The predicted octanol–water partition coefficient (Wildman–Crippen LogP) is 4.59. The van der Waals surface area contributed by atoms with Crippen LogP contribution >= 0.6 is 23.5 Å². The van der Waals surface area contributed by atoms with Gasteiger partial charge >= 0.3 is 7.60 Å². The molecule has 0 aliphatic rings. The minimum absolute atomic E-state index is 0.350. The average Bonchev–Trinajstić information content (AvgIpc) is 2.46. The zero-order chi connectivity index (χ0) is 15.6. The molecular weight excluding hydrogens is 355 g/mol. The minimum Gasteiger partial charge on any atom is -0.376 e. The van der Waals surface area contributed by atoms with E-state index in [9.17, 15) is 14.6 Å². The highest BCUT2D eigenvalue weighted by atomic mass is 79.9. The van der Waals surface area contributed by atoms with Gasteiger partial charge in [-0.2, -0.15) is 0 Å². The Hall–Kier alpha value is -0.710. The molecule has 2 aromatic rings. The van der Waals surface area contributed by atoms with Crippen LogP contribution in [0.2, 0.25) is 0 Å². The fraction of sp³-hybridized carbons (Fsp3) is 0.333. The summed E-state index contributed by atoms with van der Waals surface area (Å²) in [5.74, 6) is -1.58. The second-order valence-corrected chi connectivity index (χ2v) is 7.57. The molecule has 0 aliphatic heterocycles. The fourth-order valence-electron chi connectivity index (χ4n) is 2.02. The first-order valence-electron chi connectivity index (χ1n) is 6.73. The van der Waals surface area contributed by atoms with Gasteiger partial charge in [0.2, 0.25) is 0 Å². The molecular formula is C15H18BrO4P. The monoisotopic (exact) mass is 372 g/mol. The Labute approximate surface area is 132 Å². The lowest BCUT2D eigenvalue weighted by Gasteiger charge is -2.22. The molecule has 2 N–H and O–H groups in total. The van der Waals surface area contributed by atoms with Crippen molar-refractivity contribution in [3.8, 4) is 0 Å². The molecule has 0 saturated heterocycles. The standard InChI is InChI=1S/C15H18BrO4P/c1-3-10(2)20-21(18,19)15(17)13-9-8-11-6-4-5-7-12(11)14(13)16/h4-10,15,17H,3H2,1-2H3,(H,18,19). The highest BCUT2D eigenvalue weighted by molar-refractivity contribution is 9.10. The van der Waals surface area contributed by atoms with Crippen LogP contribution < -0.4 is 0 Å². The molecule has 0 radical (unpaired) electrons. The van der Waals surface area contributed by atoms with E-state index in [1.165, 1.54) is 0 Å². The molecule has 0 spiro atoms. The normalized spacial score (nSPS) is 17.4. The van der Waals surface area contributed by atoms with Crippen LogP contribution in [0.15, 0.2) is 40.9 Å². The third-order valence-corrected chi connectivity index (χ3v) is 5.83. The van der Waals surface area contributed by atoms with Gasteiger partial charge in [-0.15, -0.1) is 0 Å². The van der Waals surface area contributed by atoms with Crippen molar-refractivity contribution in [1.29, 1.82) is 0 Å². The van der Waals surface area contributed by atoms with Gasteiger partial charge in [0.1, 0.15) is 0 Å². The molecule has 4 nitrogen and oxygen atoms in total. The number of fused-ring (bicyclic) bond motifs is 1. The zero-order valence-electron chi connectivity index (χ0n) is 11.9. The molecule has 6 heteroatoms. The quantitative estimate of drug-likeness (QED) is 0.753. The predicted molar refractivity (Wildman–Crippen MR) is 87.3 cm³/mol. The van der Waals surface area contributed by atoms with Gasteiger partial charge in [-0.25, -0.2) is 0 Å². The van der Waals surface area contributed by atoms with E-state index >= 15 is 0 Å². The lowest BCUT2D eigenvalue weighted by atomic mass is 10.1. The average molecular weight is 373 g/mol. The van der Waals surface area contributed by atoms with Crippen molar-refractivity contribution < 1.29 is 19.1 Å².